The number of carbonyl (C=O) groups is 1. The Morgan fingerprint density at radius 1 is 1.40 bits per heavy atom. The van der Waals surface area contributed by atoms with E-state index < -0.39 is 0 Å². The number of carbonyl (C=O) groups excluding carboxylic acids is 1. The van der Waals surface area contributed by atoms with E-state index in [1.165, 1.54) is 0 Å². The average Bonchev–Trinajstić information content (AvgIpc) is 2.82. The van der Waals surface area contributed by atoms with Crippen molar-refractivity contribution >= 4 is 16.8 Å². The average molecular weight is 274 g/mol. The number of rotatable bonds is 5. The van der Waals surface area contributed by atoms with Gasteiger partial charge in [0, 0.05) is 18.1 Å². The number of benzene rings is 1. The molecule has 1 unspecified atom stereocenters. The van der Waals surface area contributed by atoms with E-state index in [0.29, 0.717) is 18.5 Å². The highest BCUT2D eigenvalue weighted by Crippen LogP contribution is 2.22. The van der Waals surface area contributed by atoms with Gasteiger partial charge in [-0.1, -0.05) is 26.0 Å². The van der Waals surface area contributed by atoms with Gasteiger partial charge in [-0.05, 0) is 30.9 Å². The van der Waals surface area contributed by atoms with Gasteiger partial charge in [0.1, 0.15) is 0 Å². The van der Waals surface area contributed by atoms with Gasteiger partial charge in [-0.2, -0.15) is 0 Å². The lowest BCUT2D eigenvalue weighted by atomic mass is 9.87. The molecule has 1 atom stereocenters. The van der Waals surface area contributed by atoms with Crippen molar-refractivity contribution in [2.75, 3.05) is 6.54 Å². The molecule has 0 saturated heterocycles. The summed E-state index contributed by atoms with van der Waals surface area (Å²) in [5.41, 5.74) is 1.38. The van der Waals surface area contributed by atoms with E-state index in [4.69, 9.17) is 0 Å². The predicted molar refractivity (Wildman–Crippen MR) is 80.7 cm³/mol. The number of aromatic nitrogens is 1. The summed E-state index contributed by atoms with van der Waals surface area (Å²) in [6.45, 7) is 6.38. The maximum atomic E-state index is 12.3. The Labute approximate surface area is 119 Å². The number of H-pyrrole nitrogens is 1. The second-order valence-corrected chi connectivity index (χ2v) is 6.15. The lowest BCUT2D eigenvalue weighted by Gasteiger charge is -2.26. The lowest BCUT2D eigenvalue weighted by molar-refractivity contribution is 0.0903. The summed E-state index contributed by atoms with van der Waals surface area (Å²) in [5.74, 6) is -0.0864. The molecule has 0 aliphatic heterocycles. The normalized spacial score (nSPS) is 13.4. The van der Waals surface area contributed by atoms with E-state index in [2.05, 4.69) is 10.3 Å². The largest absolute Gasteiger partial charge is 0.393 e. The van der Waals surface area contributed by atoms with Crippen LogP contribution in [0, 0.1) is 5.41 Å². The van der Waals surface area contributed by atoms with E-state index >= 15 is 0 Å². The highest BCUT2D eigenvalue weighted by Gasteiger charge is 2.22. The first kappa shape index (κ1) is 14.6. The van der Waals surface area contributed by atoms with Crippen molar-refractivity contribution < 1.29 is 9.90 Å². The van der Waals surface area contributed by atoms with Crippen molar-refractivity contribution in [1.29, 1.82) is 0 Å². The van der Waals surface area contributed by atoms with Gasteiger partial charge in [-0.25, -0.2) is 0 Å². The molecule has 1 amide bonds. The van der Waals surface area contributed by atoms with Gasteiger partial charge in [0.15, 0.2) is 0 Å². The van der Waals surface area contributed by atoms with Crippen molar-refractivity contribution in [2.45, 2.75) is 33.3 Å². The minimum Gasteiger partial charge on any atom is -0.393 e. The van der Waals surface area contributed by atoms with E-state index in [1.54, 1.807) is 6.92 Å². The van der Waals surface area contributed by atoms with Gasteiger partial charge in [0.05, 0.1) is 17.2 Å². The van der Waals surface area contributed by atoms with Crippen LogP contribution in [0.2, 0.25) is 0 Å². The Morgan fingerprint density at radius 3 is 2.85 bits per heavy atom. The summed E-state index contributed by atoms with van der Waals surface area (Å²) in [6, 6.07) is 7.62. The van der Waals surface area contributed by atoms with Crippen molar-refractivity contribution in [3.05, 3.63) is 36.0 Å². The summed E-state index contributed by atoms with van der Waals surface area (Å²) in [5, 5.41) is 13.5. The quantitative estimate of drug-likeness (QED) is 0.785. The standard InChI is InChI=1S/C16H22N2O2/c1-11(19)9-16(2,3)10-18-15(20)13-6-4-5-12-7-8-17-14(12)13/h4-8,11,17,19H,9-10H2,1-3H3,(H,18,20). The zero-order valence-electron chi connectivity index (χ0n) is 12.2. The number of para-hydroxylation sites is 1. The molecule has 1 aromatic heterocycles. The number of aliphatic hydroxyl groups is 1. The second kappa shape index (κ2) is 5.67. The fourth-order valence-electron chi connectivity index (χ4n) is 2.56. The van der Waals surface area contributed by atoms with Crippen LogP contribution in [0.25, 0.3) is 10.9 Å². The molecule has 0 aliphatic rings. The fourth-order valence-corrected chi connectivity index (χ4v) is 2.56. The summed E-state index contributed by atoms with van der Waals surface area (Å²) in [6.07, 6.45) is 2.12. The molecular weight excluding hydrogens is 252 g/mol. The highest BCUT2D eigenvalue weighted by molar-refractivity contribution is 6.05. The molecule has 3 N–H and O–H groups in total. The maximum absolute atomic E-state index is 12.3. The minimum atomic E-state index is -0.367. The number of nitrogens with one attached hydrogen (secondary N) is 2. The van der Waals surface area contributed by atoms with Crippen LogP contribution in [0.1, 0.15) is 37.6 Å². The highest BCUT2D eigenvalue weighted by atomic mass is 16.3. The van der Waals surface area contributed by atoms with Crippen LogP contribution in [-0.2, 0) is 0 Å². The van der Waals surface area contributed by atoms with Crippen LogP contribution < -0.4 is 5.32 Å². The van der Waals surface area contributed by atoms with Crippen LogP contribution in [0.5, 0.6) is 0 Å². The third-order valence-electron chi connectivity index (χ3n) is 3.41. The van der Waals surface area contributed by atoms with Crippen molar-refractivity contribution in [3.63, 3.8) is 0 Å². The molecule has 1 heterocycles. The predicted octanol–water partition coefficient (Wildman–Crippen LogP) is 2.69. The summed E-state index contributed by atoms with van der Waals surface area (Å²) >= 11 is 0. The topological polar surface area (TPSA) is 65.1 Å². The first-order valence-electron chi connectivity index (χ1n) is 6.91. The first-order valence-corrected chi connectivity index (χ1v) is 6.91. The number of aromatic amines is 1. The molecule has 0 spiro atoms. The number of aliphatic hydroxyl groups excluding tert-OH is 1. The number of amides is 1. The van der Waals surface area contributed by atoms with E-state index in [1.807, 2.05) is 44.3 Å². The molecule has 2 rings (SSSR count). The molecule has 4 heteroatoms. The summed E-state index contributed by atoms with van der Waals surface area (Å²) in [4.78, 5) is 15.4. The Bertz CT molecular complexity index is 599. The van der Waals surface area contributed by atoms with Crippen LogP contribution >= 0.6 is 0 Å². The molecule has 0 bridgehead atoms. The summed E-state index contributed by atoms with van der Waals surface area (Å²) < 4.78 is 0. The molecule has 108 valence electrons. The van der Waals surface area contributed by atoms with Gasteiger partial charge in [0.25, 0.3) is 5.91 Å². The van der Waals surface area contributed by atoms with Gasteiger partial charge < -0.3 is 15.4 Å². The first-order chi connectivity index (χ1) is 9.39. The molecule has 20 heavy (non-hydrogen) atoms. The molecule has 0 fully saturated rings. The van der Waals surface area contributed by atoms with Crippen LogP contribution in [0.3, 0.4) is 0 Å². The Morgan fingerprint density at radius 2 is 2.15 bits per heavy atom. The van der Waals surface area contributed by atoms with Gasteiger partial charge in [-0.15, -0.1) is 0 Å². The van der Waals surface area contributed by atoms with E-state index in [9.17, 15) is 9.90 Å². The Balaban J connectivity index is 2.07. The number of fused-ring (bicyclic) bond motifs is 1. The molecule has 2 aromatic rings. The number of hydrogen-bond acceptors (Lipinski definition) is 2. The molecule has 0 saturated carbocycles. The fraction of sp³-hybridized carbons (Fsp3) is 0.438. The zero-order chi connectivity index (χ0) is 14.8. The molecule has 0 radical (unpaired) electrons. The van der Waals surface area contributed by atoms with Crippen LogP contribution in [0.15, 0.2) is 30.5 Å². The third kappa shape index (κ3) is 3.39. The zero-order valence-corrected chi connectivity index (χ0v) is 12.2. The molecule has 0 aliphatic carbocycles. The molecule has 1 aromatic carbocycles. The SMILES string of the molecule is CC(O)CC(C)(C)CNC(=O)c1cccc2cc[nH]c12. The van der Waals surface area contributed by atoms with E-state index in [0.717, 1.165) is 10.9 Å². The second-order valence-electron chi connectivity index (χ2n) is 6.15. The van der Waals surface area contributed by atoms with Crippen molar-refractivity contribution in [3.8, 4) is 0 Å². The monoisotopic (exact) mass is 274 g/mol. The van der Waals surface area contributed by atoms with Gasteiger partial charge in [0.2, 0.25) is 0 Å². The lowest BCUT2D eigenvalue weighted by Crippen LogP contribution is -2.35. The van der Waals surface area contributed by atoms with Crippen LogP contribution in [-0.4, -0.2) is 28.6 Å². The van der Waals surface area contributed by atoms with E-state index in [-0.39, 0.29) is 17.4 Å². The van der Waals surface area contributed by atoms with Gasteiger partial charge in [-0.3, -0.25) is 4.79 Å². The molecule has 4 nitrogen and oxygen atoms in total. The van der Waals surface area contributed by atoms with Crippen molar-refractivity contribution in [1.82, 2.24) is 10.3 Å². The smallest absolute Gasteiger partial charge is 0.253 e. The maximum Gasteiger partial charge on any atom is 0.253 e. The Kier molecular flexibility index (Phi) is 4.14. The Hall–Kier alpha value is -1.81. The number of hydrogen-bond donors (Lipinski definition) is 3. The van der Waals surface area contributed by atoms with Gasteiger partial charge >= 0.3 is 0 Å². The third-order valence-corrected chi connectivity index (χ3v) is 3.41. The minimum absolute atomic E-state index is 0.0864. The van der Waals surface area contributed by atoms with Crippen molar-refractivity contribution in [2.24, 2.45) is 5.41 Å². The molecular formula is C16H22N2O2. The van der Waals surface area contributed by atoms with Crippen LogP contribution in [0.4, 0.5) is 0 Å². The summed E-state index contributed by atoms with van der Waals surface area (Å²) in [7, 11) is 0.